The van der Waals surface area contributed by atoms with Gasteiger partial charge in [0.2, 0.25) is 5.91 Å². The van der Waals surface area contributed by atoms with Crippen LogP contribution >= 0.6 is 0 Å². The molecule has 0 aliphatic heterocycles. The monoisotopic (exact) mass is 446 g/mol. The van der Waals surface area contributed by atoms with Gasteiger partial charge in [-0.2, -0.15) is 0 Å². The summed E-state index contributed by atoms with van der Waals surface area (Å²) in [6, 6.07) is 17.0. The third-order valence-electron chi connectivity index (χ3n) is 4.46. The molecule has 168 valence electrons. The van der Waals surface area contributed by atoms with Crippen molar-refractivity contribution in [3.8, 4) is 5.75 Å². The van der Waals surface area contributed by atoms with Crippen LogP contribution in [0.25, 0.3) is 6.08 Å². The molecule has 3 aromatic rings. The summed E-state index contributed by atoms with van der Waals surface area (Å²) in [7, 11) is 2.45. The van der Waals surface area contributed by atoms with E-state index in [-0.39, 0.29) is 16.8 Å². The van der Waals surface area contributed by atoms with E-state index in [0.29, 0.717) is 12.4 Å². The van der Waals surface area contributed by atoms with Crippen LogP contribution in [0.5, 0.6) is 5.75 Å². The van der Waals surface area contributed by atoms with E-state index in [2.05, 4.69) is 10.3 Å². The molecule has 0 atom stereocenters. The third-order valence-corrected chi connectivity index (χ3v) is 4.46. The standard InChI is InChI=1S/C25H22N2O6/c1-31-24(29)18-13-19(25(30)32-2)15-21(14-18)27-23(28)11-8-17-6-9-22(10-7-17)33-16-20-5-3-4-12-26-20/h3-15H,16H2,1-2H3,(H,27,28)/b11-8+. The number of pyridine rings is 1. The number of rotatable bonds is 8. The number of aromatic nitrogens is 1. The van der Waals surface area contributed by atoms with Crippen LogP contribution in [0.4, 0.5) is 5.69 Å². The number of ether oxygens (including phenoxy) is 3. The molecule has 0 aliphatic rings. The molecule has 3 rings (SSSR count). The molecule has 33 heavy (non-hydrogen) atoms. The van der Waals surface area contributed by atoms with Crippen molar-refractivity contribution < 1.29 is 28.6 Å². The molecule has 0 unspecified atom stereocenters. The fourth-order valence-electron chi connectivity index (χ4n) is 2.84. The van der Waals surface area contributed by atoms with Gasteiger partial charge in [0.05, 0.1) is 31.0 Å². The minimum absolute atomic E-state index is 0.112. The molecule has 0 fully saturated rings. The highest BCUT2D eigenvalue weighted by Crippen LogP contribution is 2.18. The number of nitrogens with one attached hydrogen (secondary N) is 1. The van der Waals surface area contributed by atoms with Crippen LogP contribution < -0.4 is 10.1 Å². The number of carbonyl (C=O) groups is 3. The van der Waals surface area contributed by atoms with Crippen molar-refractivity contribution in [3.05, 3.63) is 95.3 Å². The Balaban J connectivity index is 1.63. The highest BCUT2D eigenvalue weighted by Gasteiger charge is 2.14. The summed E-state index contributed by atoms with van der Waals surface area (Å²) in [5.74, 6) is -1.05. The van der Waals surface area contributed by atoms with Gasteiger partial charge in [-0.3, -0.25) is 9.78 Å². The second-order valence-electron chi connectivity index (χ2n) is 6.78. The maximum absolute atomic E-state index is 12.4. The van der Waals surface area contributed by atoms with Gasteiger partial charge in [0.15, 0.2) is 0 Å². The van der Waals surface area contributed by atoms with E-state index in [1.54, 1.807) is 24.4 Å². The predicted molar refractivity (Wildman–Crippen MR) is 122 cm³/mol. The van der Waals surface area contributed by atoms with Crippen molar-refractivity contribution in [1.29, 1.82) is 0 Å². The van der Waals surface area contributed by atoms with Crippen LogP contribution in [0, 0.1) is 0 Å². The van der Waals surface area contributed by atoms with Gasteiger partial charge >= 0.3 is 11.9 Å². The Bertz CT molecular complexity index is 1120. The highest BCUT2D eigenvalue weighted by molar-refractivity contribution is 6.04. The fraction of sp³-hybridized carbons (Fsp3) is 0.120. The van der Waals surface area contributed by atoms with E-state index in [1.807, 2.05) is 30.3 Å². The first-order valence-electron chi connectivity index (χ1n) is 9.92. The minimum atomic E-state index is -0.642. The summed E-state index contributed by atoms with van der Waals surface area (Å²) >= 11 is 0. The van der Waals surface area contributed by atoms with Crippen LogP contribution in [0.3, 0.4) is 0 Å². The number of nitrogens with zero attached hydrogens (tertiary/aromatic N) is 1. The highest BCUT2D eigenvalue weighted by atomic mass is 16.5. The van der Waals surface area contributed by atoms with Crippen molar-refractivity contribution in [2.45, 2.75) is 6.61 Å². The largest absolute Gasteiger partial charge is 0.487 e. The SMILES string of the molecule is COC(=O)c1cc(NC(=O)/C=C/c2ccc(OCc3ccccn3)cc2)cc(C(=O)OC)c1. The van der Waals surface area contributed by atoms with Gasteiger partial charge in [-0.05, 0) is 54.1 Å². The van der Waals surface area contributed by atoms with E-state index in [4.69, 9.17) is 14.2 Å². The zero-order chi connectivity index (χ0) is 23.6. The van der Waals surface area contributed by atoms with Gasteiger partial charge in [0.1, 0.15) is 12.4 Å². The molecule has 2 aromatic carbocycles. The second kappa shape index (κ2) is 11.2. The van der Waals surface area contributed by atoms with E-state index < -0.39 is 17.8 Å². The number of esters is 2. The molecule has 8 nitrogen and oxygen atoms in total. The van der Waals surface area contributed by atoms with Crippen molar-refractivity contribution in [3.63, 3.8) is 0 Å². The number of hydrogen-bond acceptors (Lipinski definition) is 7. The summed E-state index contributed by atoms with van der Waals surface area (Å²) in [5, 5.41) is 2.63. The van der Waals surface area contributed by atoms with Crippen LogP contribution in [-0.2, 0) is 20.9 Å². The van der Waals surface area contributed by atoms with Crippen molar-refractivity contribution >= 4 is 29.6 Å². The Morgan fingerprint density at radius 1 is 0.909 bits per heavy atom. The van der Waals surface area contributed by atoms with E-state index in [1.165, 1.54) is 38.5 Å². The lowest BCUT2D eigenvalue weighted by molar-refractivity contribution is -0.111. The molecule has 0 aliphatic carbocycles. The molecule has 8 heteroatoms. The van der Waals surface area contributed by atoms with E-state index >= 15 is 0 Å². The average molecular weight is 446 g/mol. The Kier molecular flexibility index (Phi) is 7.91. The van der Waals surface area contributed by atoms with E-state index in [9.17, 15) is 14.4 Å². The Hall–Kier alpha value is -4.46. The number of hydrogen-bond donors (Lipinski definition) is 1. The molecular formula is C25H22N2O6. The number of benzene rings is 2. The molecule has 0 saturated carbocycles. The molecule has 0 spiro atoms. The number of methoxy groups -OCH3 is 2. The average Bonchev–Trinajstić information content (AvgIpc) is 2.86. The second-order valence-corrected chi connectivity index (χ2v) is 6.78. The van der Waals surface area contributed by atoms with Gasteiger partial charge < -0.3 is 19.5 Å². The van der Waals surface area contributed by atoms with Gasteiger partial charge in [0, 0.05) is 18.0 Å². The first-order valence-corrected chi connectivity index (χ1v) is 9.92. The van der Waals surface area contributed by atoms with Crippen molar-refractivity contribution in [1.82, 2.24) is 4.98 Å². The summed E-state index contributed by atoms with van der Waals surface area (Å²) in [5.41, 5.74) is 2.09. The van der Waals surface area contributed by atoms with Crippen LogP contribution in [0.15, 0.2) is 72.9 Å². The van der Waals surface area contributed by atoms with Gasteiger partial charge in [-0.25, -0.2) is 9.59 Å². The maximum atomic E-state index is 12.4. The zero-order valence-electron chi connectivity index (χ0n) is 18.1. The molecule has 0 radical (unpaired) electrons. The molecule has 0 bridgehead atoms. The molecule has 1 N–H and O–H groups in total. The van der Waals surface area contributed by atoms with Crippen molar-refractivity contribution in [2.24, 2.45) is 0 Å². The molecule has 1 aromatic heterocycles. The smallest absolute Gasteiger partial charge is 0.337 e. The number of amides is 1. The van der Waals surface area contributed by atoms with Crippen molar-refractivity contribution in [2.75, 3.05) is 19.5 Å². The van der Waals surface area contributed by atoms with Crippen LogP contribution in [-0.4, -0.2) is 37.0 Å². The van der Waals surface area contributed by atoms with E-state index in [0.717, 1.165) is 11.3 Å². The summed E-state index contributed by atoms with van der Waals surface area (Å²) < 4.78 is 15.1. The normalized spacial score (nSPS) is 10.5. The van der Waals surface area contributed by atoms with Gasteiger partial charge in [-0.1, -0.05) is 18.2 Å². The summed E-state index contributed by atoms with van der Waals surface area (Å²) in [6.45, 7) is 0.358. The molecular weight excluding hydrogens is 424 g/mol. The lowest BCUT2D eigenvalue weighted by Gasteiger charge is -2.08. The Morgan fingerprint density at radius 2 is 1.58 bits per heavy atom. The predicted octanol–water partition coefficient (Wildman–Crippen LogP) is 3.89. The fourth-order valence-corrected chi connectivity index (χ4v) is 2.84. The minimum Gasteiger partial charge on any atom is -0.487 e. The molecule has 1 heterocycles. The zero-order valence-corrected chi connectivity index (χ0v) is 18.1. The van der Waals surface area contributed by atoms with Gasteiger partial charge in [0.25, 0.3) is 0 Å². The van der Waals surface area contributed by atoms with Gasteiger partial charge in [-0.15, -0.1) is 0 Å². The number of carbonyl (C=O) groups excluding carboxylic acids is 3. The molecule has 0 saturated heterocycles. The lowest BCUT2D eigenvalue weighted by atomic mass is 10.1. The Morgan fingerprint density at radius 3 is 2.15 bits per heavy atom. The van der Waals surface area contributed by atoms with Crippen LogP contribution in [0.1, 0.15) is 32.0 Å². The lowest BCUT2D eigenvalue weighted by Crippen LogP contribution is -2.12. The summed E-state index contributed by atoms with van der Waals surface area (Å²) in [4.78, 5) is 40.3. The quantitative estimate of drug-likeness (QED) is 0.414. The maximum Gasteiger partial charge on any atom is 0.337 e. The Labute approximate surface area is 190 Å². The van der Waals surface area contributed by atoms with Crippen LogP contribution in [0.2, 0.25) is 0 Å². The summed E-state index contributed by atoms with van der Waals surface area (Å²) in [6.07, 6.45) is 4.68. The first-order chi connectivity index (χ1) is 16.0. The first kappa shape index (κ1) is 23.2. The third kappa shape index (κ3) is 6.76. The topological polar surface area (TPSA) is 104 Å². The molecule has 1 amide bonds. The number of anilines is 1.